The first-order valence-corrected chi connectivity index (χ1v) is 6.45. The van der Waals surface area contributed by atoms with Crippen LogP contribution >= 0.6 is 0 Å². The van der Waals surface area contributed by atoms with Gasteiger partial charge in [-0.1, -0.05) is 18.2 Å². The molecule has 0 aromatic heterocycles. The second-order valence-electron chi connectivity index (χ2n) is 4.57. The number of rotatable bonds is 5. The first kappa shape index (κ1) is 13.1. The fourth-order valence-electron chi connectivity index (χ4n) is 1.93. The quantitative estimate of drug-likeness (QED) is 0.867. The Hall–Kier alpha value is -1.32. The van der Waals surface area contributed by atoms with Gasteiger partial charge in [0.25, 0.3) is 0 Å². The second-order valence-corrected chi connectivity index (χ2v) is 4.57. The minimum atomic E-state index is 0.122. The lowest BCUT2D eigenvalue weighted by atomic mass is 10.0. The van der Waals surface area contributed by atoms with Gasteiger partial charge < -0.3 is 14.8 Å². The summed E-state index contributed by atoms with van der Waals surface area (Å²) in [5.74, 6) is 0.900. The van der Waals surface area contributed by atoms with Gasteiger partial charge in [-0.3, -0.25) is 0 Å². The van der Waals surface area contributed by atoms with Crippen LogP contribution in [0.5, 0.6) is 5.75 Å². The molecule has 98 valence electrons. The molecule has 0 saturated carbocycles. The third-order valence-electron chi connectivity index (χ3n) is 3.18. The van der Waals surface area contributed by atoms with Crippen molar-refractivity contribution in [1.29, 1.82) is 0 Å². The topological polar surface area (TPSA) is 30.5 Å². The van der Waals surface area contributed by atoms with Crippen LogP contribution in [-0.2, 0) is 4.74 Å². The minimum absolute atomic E-state index is 0.122. The maximum Gasteiger partial charge on any atom is 0.119 e. The third kappa shape index (κ3) is 3.59. The molecule has 3 nitrogen and oxygen atoms in total. The Morgan fingerprint density at radius 3 is 2.67 bits per heavy atom. The van der Waals surface area contributed by atoms with E-state index in [0.717, 1.165) is 25.3 Å². The van der Waals surface area contributed by atoms with Crippen molar-refractivity contribution < 1.29 is 9.47 Å². The molecule has 1 N–H and O–H groups in total. The fraction of sp³-hybridized carbons (Fsp3) is 0.467. The van der Waals surface area contributed by atoms with E-state index < -0.39 is 0 Å². The number of methoxy groups -OCH3 is 1. The van der Waals surface area contributed by atoms with Crippen LogP contribution in [0.25, 0.3) is 5.57 Å². The predicted molar refractivity (Wildman–Crippen MR) is 73.9 cm³/mol. The molecule has 1 heterocycles. The van der Waals surface area contributed by atoms with Gasteiger partial charge in [-0.25, -0.2) is 0 Å². The van der Waals surface area contributed by atoms with Crippen molar-refractivity contribution in [2.24, 2.45) is 0 Å². The van der Waals surface area contributed by atoms with Crippen molar-refractivity contribution in [3.05, 3.63) is 35.9 Å². The van der Waals surface area contributed by atoms with E-state index in [-0.39, 0.29) is 6.10 Å². The Morgan fingerprint density at radius 1 is 1.28 bits per heavy atom. The molecule has 0 fully saturated rings. The van der Waals surface area contributed by atoms with Crippen LogP contribution in [0.4, 0.5) is 0 Å². The van der Waals surface area contributed by atoms with E-state index in [2.05, 4.69) is 23.5 Å². The van der Waals surface area contributed by atoms with Crippen LogP contribution in [0, 0.1) is 0 Å². The van der Waals surface area contributed by atoms with Crippen molar-refractivity contribution >= 4 is 5.57 Å². The number of hydrogen-bond acceptors (Lipinski definition) is 3. The van der Waals surface area contributed by atoms with E-state index in [0.29, 0.717) is 6.61 Å². The molecule has 1 aromatic carbocycles. The molecule has 0 saturated heterocycles. The van der Waals surface area contributed by atoms with Crippen LogP contribution in [-0.4, -0.2) is 32.9 Å². The van der Waals surface area contributed by atoms with E-state index in [1.807, 2.05) is 19.1 Å². The van der Waals surface area contributed by atoms with Crippen LogP contribution < -0.4 is 10.1 Å². The molecule has 0 spiro atoms. The fourth-order valence-corrected chi connectivity index (χ4v) is 1.93. The van der Waals surface area contributed by atoms with Gasteiger partial charge in [0.05, 0.1) is 6.10 Å². The lowest BCUT2D eigenvalue weighted by Gasteiger charge is -2.15. The van der Waals surface area contributed by atoms with Gasteiger partial charge in [-0.15, -0.1) is 0 Å². The highest BCUT2D eigenvalue weighted by atomic mass is 16.5. The lowest BCUT2D eigenvalue weighted by Crippen LogP contribution is -2.20. The van der Waals surface area contributed by atoms with Gasteiger partial charge >= 0.3 is 0 Å². The van der Waals surface area contributed by atoms with E-state index in [1.54, 1.807) is 7.11 Å². The summed E-state index contributed by atoms with van der Waals surface area (Å²) < 4.78 is 10.8. The van der Waals surface area contributed by atoms with Crippen molar-refractivity contribution in [3.8, 4) is 5.75 Å². The van der Waals surface area contributed by atoms with E-state index in [9.17, 15) is 0 Å². The molecule has 18 heavy (non-hydrogen) atoms. The summed E-state index contributed by atoms with van der Waals surface area (Å²) in [5, 5.41) is 3.32. The van der Waals surface area contributed by atoms with Gasteiger partial charge in [0.2, 0.25) is 0 Å². The standard InChI is InChI=1S/C15H21NO2/c1-12(17-2)11-18-15-5-3-13(4-6-15)14-7-9-16-10-8-14/h3-7,12,16H,8-11H2,1-2H3. The molecule has 1 aliphatic rings. The summed E-state index contributed by atoms with van der Waals surface area (Å²) >= 11 is 0. The largest absolute Gasteiger partial charge is 0.491 e. The van der Waals surface area contributed by atoms with Gasteiger partial charge in [-0.2, -0.15) is 0 Å². The molecule has 1 aliphatic heterocycles. The highest BCUT2D eigenvalue weighted by molar-refractivity contribution is 5.67. The van der Waals surface area contributed by atoms with Gasteiger partial charge in [0.15, 0.2) is 0 Å². The maximum absolute atomic E-state index is 5.64. The van der Waals surface area contributed by atoms with Crippen molar-refractivity contribution in [3.63, 3.8) is 0 Å². The highest BCUT2D eigenvalue weighted by Gasteiger charge is 2.06. The third-order valence-corrected chi connectivity index (χ3v) is 3.18. The van der Waals surface area contributed by atoms with E-state index in [4.69, 9.17) is 9.47 Å². The average Bonchev–Trinajstić information content (AvgIpc) is 2.46. The molecule has 0 aliphatic carbocycles. The zero-order chi connectivity index (χ0) is 12.8. The zero-order valence-electron chi connectivity index (χ0n) is 11.1. The Labute approximate surface area is 109 Å². The van der Waals surface area contributed by atoms with Crippen molar-refractivity contribution in [1.82, 2.24) is 5.32 Å². The zero-order valence-corrected chi connectivity index (χ0v) is 11.1. The predicted octanol–water partition coefficient (Wildman–Crippen LogP) is 2.48. The van der Waals surface area contributed by atoms with Gasteiger partial charge in [0, 0.05) is 13.7 Å². The number of benzene rings is 1. The molecule has 2 rings (SSSR count). The van der Waals surface area contributed by atoms with Gasteiger partial charge in [0.1, 0.15) is 12.4 Å². The molecule has 1 atom stereocenters. The molecule has 3 heteroatoms. The SMILES string of the molecule is COC(C)COc1ccc(C2=CCNCC2)cc1. The summed E-state index contributed by atoms with van der Waals surface area (Å²) in [6.07, 6.45) is 3.48. The average molecular weight is 247 g/mol. The summed E-state index contributed by atoms with van der Waals surface area (Å²) in [6, 6.07) is 8.31. The molecule has 0 radical (unpaired) electrons. The molecule has 1 unspecified atom stereocenters. The smallest absolute Gasteiger partial charge is 0.119 e. The normalized spacial score (nSPS) is 17.1. The molecule has 0 bridgehead atoms. The Kier molecular flexibility index (Phi) is 4.79. The Morgan fingerprint density at radius 2 is 2.06 bits per heavy atom. The Balaban J connectivity index is 1.95. The van der Waals surface area contributed by atoms with E-state index >= 15 is 0 Å². The summed E-state index contributed by atoms with van der Waals surface area (Å²) in [6.45, 7) is 4.62. The number of ether oxygens (including phenoxy) is 2. The summed E-state index contributed by atoms with van der Waals surface area (Å²) in [4.78, 5) is 0. The first-order chi connectivity index (χ1) is 8.79. The summed E-state index contributed by atoms with van der Waals surface area (Å²) in [7, 11) is 1.70. The molecular weight excluding hydrogens is 226 g/mol. The van der Waals surface area contributed by atoms with Crippen molar-refractivity contribution in [2.75, 3.05) is 26.8 Å². The minimum Gasteiger partial charge on any atom is -0.491 e. The monoisotopic (exact) mass is 247 g/mol. The molecule has 0 amide bonds. The van der Waals surface area contributed by atoms with Crippen LogP contribution in [0.1, 0.15) is 18.9 Å². The second kappa shape index (κ2) is 6.57. The summed E-state index contributed by atoms with van der Waals surface area (Å²) in [5.41, 5.74) is 2.72. The number of hydrogen-bond donors (Lipinski definition) is 1. The van der Waals surface area contributed by atoms with E-state index in [1.165, 1.54) is 11.1 Å². The van der Waals surface area contributed by atoms with Crippen molar-refractivity contribution in [2.45, 2.75) is 19.4 Å². The first-order valence-electron chi connectivity index (χ1n) is 6.45. The Bertz CT molecular complexity index is 397. The lowest BCUT2D eigenvalue weighted by molar-refractivity contribution is 0.0717. The maximum atomic E-state index is 5.64. The molecular formula is C15H21NO2. The molecule has 1 aromatic rings. The highest BCUT2D eigenvalue weighted by Crippen LogP contribution is 2.22. The number of nitrogens with one attached hydrogen (secondary N) is 1. The van der Waals surface area contributed by atoms with Crippen LogP contribution in [0.2, 0.25) is 0 Å². The van der Waals surface area contributed by atoms with Gasteiger partial charge in [-0.05, 0) is 43.2 Å². The van der Waals surface area contributed by atoms with Crippen LogP contribution in [0.15, 0.2) is 30.3 Å². The van der Waals surface area contributed by atoms with Crippen LogP contribution in [0.3, 0.4) is 0 Å².